The van der Waals surface area contributed by atoms with Crippen LogP contribution in [0.25, 0.3) is 0 Å². The van der Waals surface area contributed by atoms with Gasteiger partial charge >= 0.3 is 0 Å². The van der Waals surface area contributed by atoms with Gasteiger partial charge in [0.1, 0.15) is 5.75 Å². The minimum Gasteiger partial charge on any atom is -0.494 e. The summed E-state index contributed by atoms with van der Waals surface area (Å²) in [5.74, 6) is 1.66. The fourth-order valence-corrected chi connectivity index (χ4v) is 2.87. The van der Waals surface area contributed by atoms with Crippen LogP contribution < -0.4 is 10.5 Å². The van der Waals surface area contributed by atoms with Crippen molar-refractivity contribution >= 4 is 0 Å². The smallest absolute Gasteiger partial charge is 0.119 e. The second-order valence-electron chi connectivity index (χ2n) is 5.78. The van der Waals surface area contributed by atoms with E-state index in [1.807, 2.05) is 25.1 Å². The lowest BCUT2D eigenvalue weighted by molar-refractivity contribution is 0.340. The van der Waals surface area contributed by atoms with Gasteiger partial charge in [-0.2, -0.15) is 0 Å². The molecule has 21 heavy (non-hydrogen) atoms. The number of hydrogen-bond acceptors (Lipinski definition) is 2. The molecule has 1 fully saturated rings. The lowest BCUT2D eigenvalue weighted by Gasteiger charge is -2.26. The quantitative estimate of drug-likeness (QED) is 0.881. The highest BCUT2D eigenvalue weighted by Crippen LogP contribution is 2.36. The Bertz CT molecular complexity index is 587. The van der Waals surface area contributed by atoms with Crippen molar-refractivity contribution in [2.45, 2.75) is 38.1 Å². The molecule has 2 heteroatoms. The van der Waals surface area contributed by atoms with Gasteiger partial charge in [-0.3, -0.25) is 0 Å². The minimum atomic E-state index is -0.0964. The Morgan fingerprint density at radius 3 is 2.48 bits per heavy atom. The van der Waals surface area contributed by atoms with E-state index < -0.39 is 0 Å². The van der Waals surface area contributed by atoms with Crippen molar-refractivity contribution in [2.24, 2.45) is 5.73 Å². The van der Waals surface area contributed by atoms with Crippen molar-refractivity contribution in [2.75, 3.05) is 6.61 Å². The molecule has 0 aliphatic heterocycles. The molecular formula is C19H23NO. The predicted octanol–water partition coefficient (Wildman–Crippen LogP) is 4.40. The van der Waals surface area contributed by atoms with Gasteiger partial charge in [0.05, 0.1) is 12.6 Å². The summed E-state index contributed by atoms with van der Waals surface area (Å²) in [4.78, 5) is 0. The highest BCUT2D eigenvalue weighted by atomic mass is 16.5. The van der Waals surface area contributed by atoms with E-state index >= 15 is 0 Å². The summed E-state index contributed by atoms with van der Waals surface area (Å²) < 4.78 is 5.55. The van der Waals surface area contributed by atoms with Gasteiger partial charge < -0.3 is 10.5 Å². The van der Waals surface area contributed by atoms with Crippen LogP contribution in [-0.4, -0.2) is 6.61 Å². The molecule has 2 aromatic carbocycles. The number of rotatable bonds is 5. The average Bonchev–Trinajstić information content (AvgIpc) is 2.46. The minimum absolute atomic E-state index is 0.0964. The van der Waals surface area contributed by atoms with Crippen LogP contribution in [0, 0.1) is 0 Å². The predicted molar refractivity (Wildman–Crippen MR) is 86.7 cm³/mol. The molecule has 1 aliphatic rings. The van der Waals surface area contributed by atoms with Crippen LogP contribution in [0.1, 0.15) is 54.8 Å². The number of nitrogens with two attached hydrogens (primary N) is 1. The molecule has 1 atom stereocenters. The second-order valence-corrected chi connectivity index (χ2v) is 5.78. The average molecular weight is 281 g/mol. The standard InChI is InChI=1S/C19H23NO/c1-2-21-18-8-4-7-17(13-18)19(20)16-11-9-15(10-12-16)14-5-3-6-14/h4,7-14,19H,2-3,5-6,20H2,1H3. The van der Waals surface area contributed by atoms with Gasteiger partial charge in [-0.25, -0.2) is 0 Å². The number of hydrogen-bond donors (Lipinski definition) is 1. The summed E-state index contributed by atoms with van der Waals surface area (Å²) in [6.45, 7) is 2.67. The molecule has 110 valence electrons. The molecule has 2 nitrogen and oxygen atoms in total. The van der Waals surface area contributed by atoms with E-state index in [1.165, 1.54) is 24.8 Å². The van der Waals surface area contributed by atoms with Crippen LogP contribution in [0.15, 0.2) is 48.5 Å². The van der Waals surface area contributed by atoms with Gasteiger partial charge in [0.2, 0.25) is 0 Å². The Hall–Kier alpha value is -1.80. The Morgan fingerprint density at radius 1 is 1.10 bits per heavy atom. The molecule has 2 N–H and O–H groups in total. The van der Waals surface area contributed by atoms with Crippen LogP contribution in [0.2, 0.25) is 0 Å². The second kappa shape index (κ2) is 6.31. The molecule has 2 aromatic rings. The molecule has 1 aliphatic carbocycles. The fraction of sp³-hybridized carbons (Fsp3) is 0.368. The molecule has 0 bridgehead atoms. The first-order valence-corrected chi connectivity index (χ1v) is 7.86. The first kappa shape index (κ1) is 14.2. The maximum atomic E-state index is 6.40. The third-order valence-corrected chi connectivity index (χ3v) is 4.40. The molecule has 0 heterocycles. The van der Waals surface area contributed by atoms with Gasteiger partial charge in [-0.1, -0.05) is 42.8 Å². The van der Waals surface area contributed by atoms with Crippen molar-refractivity contribution in [1.82, 2.24) is 0 Å². The van der Waals surface area contributed by atoms with Gasteiger partial charge in [0, 0.05) is 0 Å². The third-order valence-electron chi connectivity index (χ3n) is 4.40. The van der Waals surface area contributed by atoms with Gasteiger partial charge in [-0.05, 0) is 54.5 Å². The van der Waals surface area contributed by atoms with Gasteiger partial charge in [0.25, 0.3) is 0 Å². The third kappa shape index (κ3) is 3.11. The summed E-state index contributed by atoms with van der Waals surface area (Å²) in [5, 5.41) is 0. The number of benzene rings is 2. The van der Waals surface area contributed by atoms with E-state index in [0.29, 0.717) is 6.61 Å². The fourth-order valence-electron chi connectivity index (χ4n) is 2.87. The summed E-state index contributed by atoms with van der Waals surface area (Å²) in [6.07, 6.45) is 4.04. The summed E-state index contributed by atoms with van der Waals surface area (Å²) >= 11 is 0. The van der Waals surface area contributed by atoms with Gasteiger partial charge in [0.15, 0.2) is 0 Å². The monoisotopic (exact) mass is 281 g/mol. The highest BCUT2D eigenvalue weighted by Gasteiger charge is 2.19. The Kier molecular flexibility index (Phi) is 4.26. The SMILES string of the molecule is CCOc1cccc(C(N)c2ccc(C3CCC3)cc2)c1. The van der Waals surface area contributed by atoms with E-state index in [9.17, 15) is 0 Å². The topological polar surface area (TPSA) is 35.2 Å². The highest BCUT2D eigenvalue weighted by molar-refractivity contribution is 5.38. The maximum Gasteiger partial charge on any atom is 0.119 e. The Morgan fingerprint density at radius 2 is 1.86 bits per heavy atom. The lowest BCUT2D eigenvalue weighted by atomic mass is 9.79. The van der Waals surface area contributed by atoms with E-state index in [4.69, 9.17) is 10.5 Å². The molecule has 1 saturated carbocycles. The van der Waals surface area contributed by atoms with Crippen molar-refractivity contribution in [3.05, 3.63) is 65.2 Å². The summed E-state index contributed by atoms with van der Waals surface area (Å²) in [7, 11) is 0. The molecule has 3 rings (SSSR count). The van der Waals surface area contributed by atoms with E-state index in [1.54, 1.807) is 0 Å². The summed E-state index contributed by atoms with van der Waals surface area (Å²) in [5.41, 5.74) is 10.1. The zero-order chi connectivity index (χ0) is 14.7. The molecule has 0 aromatic heterocycles. The first-order valence-electron chi connectivity index (χ1n) is 7.86. The van der Waals surface area contributed by atoms with Gasteiger partial charge in [-0.15, -0.1) is 0 Å². The van der Waals surface area contributed by atoms with Crippen molar-refractivity contribution in [1.29, 1.82) is 0 Å². The zero-order valence-corrected chi connectivity index (χ0v) is 12.6. The molecule has 0 saturated heterocycles. The normalized spacial score (nSPS) is 16.3. The lowest BCUT2D eigenvalue weighted by Crippen LogP contribution is -2.13. The molecule has 1 unspecified atom stereocenters. The number of ether oxygens (including phenoxy) is 1. The van der Waals surface area contributed by atoms with E-state index in [2.05, 4.69) is 30.3 Å². The van der Waals surface area contributed by atoms with Crippen molar-refractivity contribution < 1.29 is 4.74 Å². The van der Waals surface area contributed by atoms with Crippen LogP contribution >= 0.6 is 0 Å². The summed E-state index contributed by atoms with van der Waals surface area (Å²) in [6, 6.07) is 16.8. The molecule has 0 radical (unpaired) electrons. The largest absolute Gasteiger partial charge is 0.494 e. The van der Waals surface area contributed by atoms with Crippen LogP contribution in [-0.2, 0) is 0 Å². The van der Waals surface area contributed by atoms with Crippen LogP contribution in [0.4, 0.5) is 0 Å². The Labute approximate surface area is 126 Å². The van der Waals surface area contributed by atoms with E-state index in [-0.39, 0.29) is 6.04 Å². The molecule has 0 spiro atoms. The van der Waals surface area contributed by atoms with Crippen molar-refractivity contribution in [3.8, 4) is 5.75 Å². The first-order chi connectivity index (χ1) is 10.3. The van der Waals surface area contributed by atoms with Crippen LogP contribution in [0.3, 0.4) is 0 Å². The Balaban J connectivity index is 1.77. The maximum absolute atomic E-state index is 6.40. The molecular weight excluding hydrogens is 258 g/mol. The molecule has 0 amide bonds. The zero-order valence-electron chi connectivity index (χ0n) is 12.6. The van der Waals surface area contributed by atoms with Crippen LogP contribution in [0.5, 0.6) is 5.75 Å². The van der Waals surface area contributed by atoms with E-state index in [0.717, 1.165) is 22.8 Å². The van der Waals surface area contributed by atoms with Crippen molar-refractivity contribution in [3.63, 3.8) is 0 Å².